The van der Waals surface area contributed by atoms with E-state index in [2.05, 4.69) is 14.9 Å². The molecule has 102 valence electrons. The first-order valence-electron chi connectivity index (χ1n) is 6.48. The number of methoxy groups -OCH3 is 1. The van der Waals surface area contributed by atoms with Crippen molar-refractivity contribution in [2.24, 2.45) is 0 Å². The standard InChI is InChI=1S/C13H18N4OS/c1-8-16-11-12(10(14)7-15-13(11)19-8)17-5-3-9(18-2)4-6-17/h7,9H,3-6,14H2,1-2H3. The predicted octanol–water partition coefficient (Wildman–Crippen LogP) is 2.20. The number of hydrogen-bond acceptors (Lipinski definition) is 6. The SMILES string of the molecule is COC1CCN(c2c(N)cnc3sc(C)nc23)CC1. The lowest BCUT2D eigenvalue weighted by atomic mass is 10.1. The first-order chi connectivity index (χ1) is 9.19. The first kappa shape index (κ1) is 12.6. The molecular weight excluding hydrogens is 260 g/mol. The average Bonchev–Trinajstić information content (AvgIpc) is 2.79. The molecule has 0 aliphatic carbocycles. The number of thiazole rings is 1. The Kier molecular flexibility index (Phi) is 3.28. The van der Waals surface area contributed by atoms with Gasteiger partial charge in [0.15, 0.2) is 0 Å². The Morgan fingerprint density at radius 2 is 2.16 bits per heavy atom. The molecule has 6 heteroatoms. The summed E-state index contributed by atoms with van der Waals surface area (Å²) in [5.41, 5.74) is 8.83. The van der Waals surface area contributed by atoms with Crippen molar-refractivity contribution in [1.82, 2.24) is 9.97 Å². The molecule has 1 aliphatic heterocycles. The van der Waals surface area contributed by atoms with E-state index in [4.69, 9.17) is 10.5 Å². The topological polar surface area (TPSA) is 64.3 Å². The monoisotopic (exact) mass is 278 g/mol. The Morgan fingerprint density at radius 3 is 2.84 bits per heavy atom. The fraction of sp³-hybridized carbons (Fsp3) is 0.538. The van der Waals surface area contributed by atoms with Crippen molar-refractivity contribution in [2.45, 2.75) is 25.9 Å². The summed E-state index contributed by atoms with van der Waals surface area (Å²) in [6, 6.07) is 0. The lowest BCUT2D eigenvalue weighted by Crippen LogP contribution is -2.37. The van der Waals surface area contributed by atoms with Crippen LogP contribution >= 0.6 is 11.3 Å². The first-order valence-corrected chi connectivity index (χ1v) is 7.30. The molecule has 19 heavy (non-hydrogen) atoms. The molecule has 3 rings (SSSR count). The van der Waals surface area contributed by atoms with E-state index >= 15 is 0 Å². The summed E-state index contributed by atoms with van der Waals surface area (Å²) in [5.74, 6) is 0. The third-order valence-corrected chi connectivity index (χ3v) is 4.51. The predicted molar refractivity (Wildman–Crippen MR) is 78.8 cm³/mol. The van der Waals surface area contributed by atoms with E-state index in [1.165, 1.54) is 0 Å². The second-order valence-electron chi connectivity index (χ2n) is 4.87. The molecule has 2 N–H and O–H groups in total. The smallest absolute Gasteiger partial charge is 0.145 e. The lowest BCUT2D eigenvalue weighted by molar-refractivity contribution is 0.0820. The van der Waals surface area contributed by atoms with E-state index in [-0.39, 0.29) is 0 Å². The highest BCUT2D eigenvalue weighted by molar-refractivity contribution is 7.18. The van der Waals surface area contributed by atoms with Crippen LogP contribution in [0.15, 0.2) is 6.20 Å². The van der Waals surface area contributed by atoms with Crippen molar-refractivity contribution in [1.29, 1.82) is 0 Å². The van der Waals surface area contributed by atoms with Gasteiger partial charge in [-0.3, -0.25) is 0 Å². The quantitative estimate of drug-likeness (QED) is 0.912. The van der Waals surface area contributed by atoms with E-state index < -0.39 is 0 Å². The molecule has 2 aromatic rings. The van der Waals surface area contributed by atoms with Crippen molar-refractivity contribution in [3.8, 4) is 0 Å². The molecule has 1 fully saturated rings. The number of ether oxygens (including phenoxy) is 1. The van der Waals surface area contributed by atoms with Crippen LogP contribution < -0.4 is 10.6 Å². The summed E-state index contributed by atoms with van der Waals surface area (Å²) in [4.78, 5) is 12.2. The lowest BCUT2D eigenvalue weighted by Gasteiger charge is -2.33. The van der Waals surface area contributed by atoms with Gasteiger partial charge < -0.3 is 15.4 Å². The number of aryl methyl sites for hydroxylation is 1. The Morgan fingerprint density at radius 1 is 1.42 bits per heavy atom. The molecule has 0 saturated carbocycles. The molecule has 0 spiro atoms. The van der Waals surface area contributed by atoms with Gasteiger partial charge in [-0.15, -0.1) is 0 Å². The minimum atomic E-state index is 0.368. The van der Waals surface area contributed by atoms with Crippen molar-refractivity contribution in [3.05, 3.63) is 11.2 Å². The third-order valence-electron chi connectivity index (χ3n) is 3.63. The van der Waals surface area contributed by atoms with E-state index in [0.29, 0.717) is 11.8 Å². The van der Waals surface area contributed by atoms with Gasteiger partial charge >= 0.3 is 0 Å². The van der Waals surface area contributed by atoms with Crippen molar-refractivity contribution in [3.63, 3.8) is 0 Å². The highest BCUT2D eigenvalue weighted by Gasteiger charge is 2.23. The highest BCUT2D eigenvalue weighted by Crippen LogP contribution is 2.35. The van der Waals surface area contributed by atoms with Gasteiger partial charge in [-0.05, 0) is 19.8 Å². The van der Waals surface area contributed by atoms with Crippen LogP contribution in [0.2, 0.25) is 0 Å². The number of nitrogens with two attached hydrogens (primary N) is 1. The van der Waals surface area contributed by atoms with Gasteiger partial charge in [-0.25, -0.2) is 9.97 Å². The van der Waals surface area contributed by atoms with E-state index in [1.807, 2.05) is 6.92 Å². The number of aromatic nitrogens is 2. The van der Waals surface area contributed by atoms with Crippen LogP contribution in [0.3, 0.4) is 0 Å². The summed E-state index contributed by atoms with van der Waals surface area (Å²) in [6.07, 6.45) is 4.18. The largest absolute Gasteiger partial charge is 0.396 e. The molecular formula is C13H18N4OS. The molecule has 0 unspecified atom stereocenters. The van der Waals surface area contributed by atoms with Crippen LogP contribution in [0.4, 0.5) is 11.4 Å². The van der Waals surface area contributed by atoms with Gasteiger partial charge in [0, 0.05) is 20.2 Å². The average molecular weight is 278 g/mol. The van der Waals surface area contributed by atoms with Crippen molar-refractivity contribution >= 4 is 33.1 Å². The molecule has 1 saturated heterocycles. The van der Waals surface area contributed by atoms with Crippen LogP contribution in [-0.2, 0) is 4.74 Å². The summed E-state index contributed by atoms with van der Waals surface area (Å²) in [6.45, 7) is 3.92. The van der Waals surface area contributed by atoms with E-state index in [0.717, 1.165) is 47.0 Å². The summed E-state index contributed by atoms with van der Waals surface area (Å²) in [7, 11) is 1.78. The number of hydrogen-bond donors (Lipinski definition) is 1. The van der Waals surface area contributed by atoms with E-state index in [9.17, 15) is 0 Å². The van der Waals surface area contributed by atoms with Crippen LogP contribution in [0.1, 0.15) is 17.8 Å². The maximum Gasteiger partial charge on any atom is 0.145 e. The van der Waals surface area contributed by atoms with Crippen molar-refractivity contribution < 1.29 is 4.74 Å². The fourth-order valence-electron chi connectivity index (χ4n) is 2.63. The molecule has 0 aromatic carbocycles. The Hall–Kier alpha value is -1.40. The third kappa shape index (κ3) is 2.26. The zero-order valence-corrected chi connectivity index (χ0v) is 12.0. The van der Waals surface area contributed by atoms with Gasteiger partial charge in [-0.1, -0.05) is 11.3 Å². The Balaban J connectivity index is 1.98. The highest BCUT2D eigenvalue weighted by atomic mass is 32.1. The normalized spacial score (nSPS) is 17.3. The second-order valence-corrected chi connectivity index (χ2v) is 6.05. The fourth-order valence-corrected chi connectivity index (χ4v) is 3.39. The number of piperidine rings is 1. The van der Waals surface area contributed by atoms with Gasteiger partial charge in [0.2, 0.25) is 0 Å². The zero-order valence-electron chi connectivity index (χ0n) is 11.2. The molecule has 5 nitrogen and oxygen atoms in total. The second kappa shape index (κ2) is 4.94. The summed E-state index contributed by atoms with van der Waals surface area (Å²) in [5, 5.41) is 1.03. The number of nitrogens with zero attached hydrogens (tertiary/aromatic N) is 3. The van der Waals surface area contributed by atoms with Gasteiger partial charge in [0.05, 0.1) is 28.7 Å². The molecule has 0 amide bonds. The molecule has 0 radical (unpaired) electrons. The van der Waals surface area contributed by atoms with Crippen LogP contribution in [0.25, 0.3) is 10.3 Å². The molecule has 0 bridgehead atoms. The van der Waals surface area contributed by atoms with Crippen LogP contribution in [0, 0.1) is 6.92 Å². The number of pyridine rings is 1. The number of fused-ring (bicyclic) bond motifs is 1. The van der Waals surface area contributed by atoms with E-state index in [1.54, 1.807) is 24.6 Å². The minimum absolute atomic E-state index is 0.368. The summed E-state index contributed by atoms with van der Waals surface area (Å²) < 4.78 is 5.41. The van der Waals surface area contributed by atoms with Crippen LogP contribution in [-0.4, -0.2) is 36.3 Å². The van der Waals surface area contributed by atoms with Gasteiger partial charge in [0.1, 0.15) is 10.3 Å². The Bertz CT molecular complexity index is 590. The van der Waals surface area contributed by atoms with Crippen molar-refractivity contribution in [2.75, 3.05) is 30.8 Å². The minimum Gasteiger partial charge on any atom is -0.396 e. The van der Waals surface area contributed by atoms with Crippen LogP contribution in [0.5, 0.6) is 0 Å². The summed E-state index contributed by atoms with van der Waals surface area (Å²) >= 11 is 1.61. The molecule has 2 aromatic heterocycles. The molecule has 0 atom stereocenters. The molecule has 3 heterocycles. The molecule has 1 aliphatic rings. The Labute approximate surface area is 116 Å². The van der Waals surface area contributed by atoms with Gasteiger partial charge in [-0.2, -0.15) is 0 Å². The maximum absolute atomic E-state index is 6.12. The maximum atomic E-state index is 6.12. The number of anilines is 2. The zero-order chi connectivity index (χ0) is 13.4. The number of rotatable bonds is 2. The van der Waals surface area contributed by atoms with Gasteiger partial charge in [0.25, 0.3) is 0 Å². The number of nitrogen functional groups attached to an aromatic ring is 1.